The van der Waals surface area contributed by atoms with E-state index in [9.17, 15) is 13.2 Å². The highest BCUT2D eigenvalue weighted by atomic mass is 19.4. The fourth-order valence-corrected chi connectivity index (χ4v) is 2.39. The maximum Gasteiger partial charge on any atom is 0.415 e. The van der Waals surface area contributed by atoms with E-state index in [0.29, 0.717) is 11.9 Å². The lowest BCUT2D eigenvalue weighted by Crippen LogP contribution is -2.23. The molecule has 0 bridgehead atoms. The Balaban J connectivity index is 2.51. The lowest BCUT2D eigenvalue weighted by molar-refractivity contribution is -0.136. The van der Waals surface area contributed by atoms with Crippen LogP contribution in [0.15, 0.2) is 12.1 Å². The van der Waals surface area contributed by atoms with Gasteiger partial charge in [-0.05, 0) is 24.0 Å². The molecule has 0 N–H and O–H groups in total. The first-order valence-corrected chi connectivity index (χ1v) is 5.17. The van der Waals surface area contributed by atoms with Crippen LogP contribution in [0.25, 0.3) is 0 Å². The van der Waals surface area contributed by atoms with E-state index >= 15 is 0 Å². The molecule has 1 aliphatic carbocycles. The average Bonchev–Trinajstić information content (AvgIpc) is 2.60. The third-order valence-corrected chi connectivity index (χ3v) is 3.23. The van der Waals surface area contributed by atoms with Crippen LogP contribution in [0.4, 0.5) is 13.2 Å². The van der Waals surface area contributed by atoms with Gasteiger partial charge < -0.3 is 4.74 Å². The van der Waals surface area contributed by atoms with Crippen molar-refractivity contribution in [3.8, 4) is 0 Å². The van der Waals surface area contributed by atoms with Gasteiger partial charge in [-0.2, -0.15) is 13.2 Å². The molecule has 0 aromatic heterocycles. The van der Waals surface area contributed by atoms with Gasteiger partial charge in [-0.15, -0.1) is 0 Å². The predicted octanol–water partition coefficient (Wildman–Crippen LogP) is 1.60. The SMILES string of the molecule is Bc1c(C(F)(F)F)ccc2c1CCC2OC. The fourth-order valence-electron chi connectivity index (χ4n) is 2.39. The molecule has 86 valence electrons. The molecule has 1 nitrogen and oxygen atoms in total. The molecule has 1 aromatic rings. The van der Waals surface area contributed by atoms with Crippen LogP contribution in [-0.2, 0) is 17.3 Å². The van der Waals surface area contributed by atoms with Crippen LogP contribution in [0.3, 0.4) is 0 Å². The molecule has 0 spiro atoms. The molecule has 0 saturated heterocycles. The van der Waals surface area contributed by atoms with Crippen LogP contribution in [-0.4, -0.2) is 15.0 Å². The van der Waals surface area contributed by atoms with Gasteiger partial charge in [0.15, 0.2) is 0 Å². The molecule has 16 heavy (non-hydrogen) atoms. The molecule has 1 atom stereocenters. The second-order valence-corrected chi connectivity index (χ2v) is 4.07. The number of fused-ring (bicyclic) bond motifs is 1. The Bertz CT molecular complexity index is 414. The smallest absolute Gasteiger partial charge is 0.377 e. The van der Waals surface area contributed by atoms with E-state index in [0.717, 1.165) is 23.6 Å². The quantitative estimate of drug-likeness (QED) is 0.663. The molecular weight excluding hydrogens is 216 g/mol. The molecule has 1 aromatic carbocycles. The first kappa shape index (κ1) is 11.5. The van der Waals surface area contributed by atoms with E-state index in [1.165, 1.54) is 0 Å². The monoisotopic (exact) mass is 228 g/mol. The molecule has 0 fully saturated rings. The van der Waals surface area contributed by atoms with Crippen LogP contribution in [0, 0.1) is 0 Å². The molecular formula is C11H12BF3O. The predicted molar refractivity (Wildman–Crippen MR) is 57.7 cm³/mol. The van der Waals surface area contributed by atoms with E-state index < -0.39 is 11.7 Å². The lowest BCUT2D eigenvalue weighted by atomic mass is 9.83. The third-order valence-electron chi connectivity index (χ3n) is 3.23. The van der Waals surface area contributed by atoms with E-state index in [4.69, 9.17) is 4.74 Å². The summed E-state index contributed by atoms with van der Waals surface area (Å²) in [4.78, 5) is 0. The van der Waals surface area contributed by atoms with E-state index in [-0.39, 0.29) is 6.10 Å². The molecule has 1 aliphatic rings. The van der Waals surface area contributed by atoms with Crippen molar-refractivity contribution in [1.82, 2.24) is 0 Å². The van der Waals surface area contributed by atoms with Crippen molar-refractivity contribution in [2.45, 2.75) is 25.1 Å². The zero-order chi connectivity index (χ0) is 11.9. The average molecular weight is 228 g/mol. The Hall–Kier alpha value is -0.965. The van der Waals surface area contributed by atoms with Crippen LogP contribution in [0.1, 0.15) is 29.2 Å². The summed E-state index contributed by atoms with van der Waals surface area (Å²) in [5.41, 5.74) is 1.54. The Kier molecular flexibility index (Phi) is 2.74. The van der Waals surface area contributed by atoms with Crippen molar-refractivity contribution >= 4 is 13.3 Å². The zero-order valence-corrected chi connectivity index (χ0v) is 9.19. The van der Waals surface area contributed by atoms with Crippen LogP contribution < -0.4 is 5.46 Å². The lowest BCUT2D eigenvalue weighted by Gasteiger charge is -2.15. The standard InChI is InChI=1S/C11H12BF3O/c1-16-9-5-3-7-6(9)2-4-8(10(7)12)11(13,14)15/h2,4,9H,3,5,12H2,1H3. The summed E-state index contributed by atoms with van der Waals surface area (Å²) in [6, 6.07) is 2.71. The Morgan fingerprint density at radius 2 is 2.06 bits per heavy atom. The number of methoxy groups -OCH3 is 1. The number of halogens is 3. The number of hydrogen-bond donors (Lipinski definition) is 0. The van der Waals surface area contributed by atoms with Gasteiger partial charge in [-0.25, -0.2) is 0 Å². The topological polar surface area (TPSA) is 9.23 Å². The zero-order valence-electron chi connectivity index (χ0n) is 9.19. The van der Waals surface area contributed by atoms with Gasteiger partial charge in [0.25, 0.3) is 0 Å². The highest BCUT2D eigenvalue weighted by Crippen LogP contribution is 2.36. The van der Waals surface area contributed by atoms with Gasteiger partial charge in [-0.1, -0.05) is 17.6 Å². The van der Waals surface area contributed by atoms with Gasteiger partial charge >= 0.3 is 6.18 Å². The summed E-state index contributed by atoms with van der Waals surface area (Å²) >= 11 is 0. The second kappa shape index (κ2) is 3.80. The van der Waals surface area contributed by atoms with Crippen molar-refractivity contribution < 1.29 is 17.9 Å². The Labute approximate surface area is 93.0 Å². The fraction of sp³-hybridized carbons (Fsp3) is 0.455. The van der Waals surface area contributed by atoms with Crippen LogP contribution >= 0.6 is 0 Å². The maximum atomic E-state index is 12.7. The number of hydrogen-bond acceptors (Lipinski definition) is 1. The largest absolute Gasteiger partial charge is 0.415 e. The Morgan fingerprint density at radius 3 is 2.62 bits per heavy atom. The molecule has 0 aliphatic heterocycles. The van der Waals surface area contributed by atoms with Crippen LogP contribution in [0.2, 0.25) is 0 Å². The van der Waals surface area contributed by atoms with Gasteiger partial charge in [0.05, 0.1) is 6.10 Å². The van der Waals surface area contributed by atoms with Gasteiger partial charge in [0.2, 0.25) is 0 Å². The molecule has 1 unspecified atom stereocenters. The summed E-state index contributed by atoms with van der Waals surface area (Å²) in [6.07, 6.45) is -2.86. The van der Waals surface area contributed by atoms with Crippen molar-refractivity contribution in [2.24, 2.45) is 0 Å². The highest BCUT2D eigenvalue weighted by molar-refractivity contribution is 6.34. The summed E-state index contributed by atoms with van der Waals surface area (Å²) in [5.74, 6) is 0. The summed E-state index contributed by atoms with van der Waals surface area (Å²) in [6.45, 7) is 0. The third kappa shape index (κ3) is 1.73. The van der Waals surface area contributed by atoms with Crippen LogP contribution in [0.5, 0.6) is 0 Å². The minimum Gasteiger partial charge on any atom is -0.377 e. The minimum atomic E-state index is -4.26. The number of rotatable bonds is 1. The van der Waals surface area contributed by atoms with Gasteiger partial charge in [-0.3, -0.25) is 0 Å². The van der Waals surface area contributed by atoms with Crippen molar-refractivity contribution in [2.75, 3.05) is 7.11 Å². The first-order valence-electron chi connectivity index (χ1n) is 5.17. The molecule has 0 heterocycles. The number of benzene rings is 1. The van der Waals surface area contributed by atoms with Crippen molar-refractivity contribution in [3.63, 3.8) is 0 Å². The molecule has 0 amide bonds. The second-order valence-electron chi connectivity index (χ2n) is 4.07. The van der Waals surface area contributed by atoms with Crippen molar-refractivity contribution in [1.29, 1.82) is 0 Å². The van der Waals surface area contributed by atoms with Crippen molar-refractivity contribution in [3.05, 3.63) is 28.8 Å². The first-order chi connectivity index (χ1) is 7.45. The van der Waals surface area contributed by atoms with E-state index in [2.05, 4.69) is 0 Å². The summed E-state index contributed by atoms with van der Waals surface area (Å²) in [5, 5.41) is 0. The van der Waals surface area contributed by atoms with Gasteiger partial charge in [0.1, 0.15) is 7.85 Å². The maximum absolute atomic E-state index is 12.7. The summed E-state index contributed by atoms with van der Waals surface area (Å²) < 4.78 is 43.2. The molecule has 2 rings (SSSR count). The summed E-state index contributed by atoms with van der Waals surface area (Å²) in [7, 11) is 3.13. The Morgan fingerprint density at radius 1 is 1.38 bits per heavy atom. The molecule has 5 heteroatoms. The molecule has 0 radical (unpaired) electrons. The highest BCUT2D eigenvalue weighted by Gasteiger charge is 2.35. The normalized spacial score (nSPS) is 19.9. The number of alkyl halides is 3. The van der Waals surface area contributed by atoms with E-state index in [1.807, 2.05) is 0 Å². The minimum absolute atomic E-state index is 0.0454. The van der Waals surface area contributed by atoms with Gasteiger partial charge in [0, 0.05) is 12.7 Å². The number of ether oxygens (including phenoxy) is 1. The van der Waals surface area contributed by atoms with E-state index in [1.54, 1.807) is 21.0 Å². The molecule has 0 saturated carbocycles.